The van der Waals surface area contributed by atoms with Crippen LogP contribution >= 0.6 is 0 Å². The van der Waals surface area contributed by atoms with Gasteiger partial charge in [0.05, 0.1) is 5.52 Å². The molecule has 2 heterocycles. The van der Waals surface area contributed by atoms with E-state index >= 15 is 0 Å². The predicted molar refractivity (Wildman–Crippen MR) is 78.5 cm³/mol. The fraction of sp³-hybridized carbons (Fsp3) is 0.286. The molecule has 2 aromatic heterocycles. The van der Waals surface area contributed by atoms with E-state index in [2.05, 4.69) is 19.8 Å². The largest absolute Gasteiger partial charge is 0.513 e. The molecule has 22 heavy (non-hydrogen) atoms. The van der Waals surface area contributed by atoms with E-state index in [-0.39, 0.29) is 6.01 Å². The van der Waals surface area contributed by atoms with Crippen molar-refractivity contribution >= 4 is 22.7 Å². The van der Waals surface area contributed by atoms with Crippen molar-refractivity contribution in [1.29, 1.82) is 0 Å². The van der Waals surface area contributed by atoms with Crippen LogP contribution in [0.15, 0.2) is 16.9 Å². The lowest BCUT2D eigenvalue weighted by Gasteiger charge is -2.10. The molecule has 0 saturated heterocycles. The Hall–Kier alpha value is -2.90. The van der Waals surface area contributed by atoms with Crippen LogP contribution in [0.2, 0.25) is 0 Å². The highest BCUT2D eigenvalue weighted by Gasteiger charge is 2.17. The number of rotatable bonds is 3. The third-order valence-corrected chi connectivity index (χ3v) is 3.57. The lowest BCUT2D eigenvalue weighted by atomic mass is 9.98. The van der Waals surface area contributed by atoms with E-state index < -0.39 is 11.8 Å². The van der Waals surface area contributed by atoms with Crippen LogP contribution in [0.3, 0.4) is 0 Å². The quantitative estimate of drug-likeness (QED) is 0.713. The highest BCUT2D eigenvalue weighted by molar-refractivity contribution is 5.95. The first-order valence-corrected chi connectivity index (χ1v) is 6.89. The molecule has 114 valence electrons. The van der Waals surface area contributed by atoms with Gasteiger partial charge in [-0.05, 0) is 30.0 Å². The number of ether oxygens (including phenoxy) is 1. The number of benzene rings is 1. The van der Waals surface area contributed by atoms with Gasteiger partial charge in [-0.2, -0.15) is 9.50 Å². The zero-order valence-corrected chi connectivity index (χ0v) is 12.1. The van der Waals surface area contributed by atoms with E-state index in [1.54, 1.807) is 0 Å². The van der Waals surface area contributed by atoms with Gasteiger partial charge in [-0.1, -0.05) is 19.9 Å². The summed E-state index contributed by atoms with van der Waals surface area (Å²) < 4.78 is 5.48. The number of hydrogen-bond donors (Lipinski definition) is 2. The first-order valence-electron chi connectivity index (χ1n) is 6.89. The summed E-state index contributed by atoms with van der Waals surface area (Å²) in [5, 5.41) is 13.2. The summed E-state index contributed by atoms with van der Waals surface area (Å²) in [5.41, 5.74) is 2.63. The smallest absolute Gasteiger partial charge is 0.449 e. The van der Waals surface area contributed by atoms with Crippen molar-refractivity contribution in [3.05, 3.63) is 33.7 Å². The first kappa shape index (κ1) is 14.1. The fourth-order valence-corrected chi connectivity index (χ4v) is 2.67. The van der Waals surface area contributed by atoms with Gasteiger partial charge in [-0.15, -0.1) is 5.10 Å². The second-order valence-corrected chi connectivity index (χ2v) is 4.76. The van der Waals surface area contributed by atoms with E-state index in [0.717, 1.165) is 33.9 Å². The van der Waals surface area contributed by atoms with Crippen LogP contribution in [0.1, 0.15) is 25.0 Å². The molecular formula is C14H14N4O4. The molecule has 0 aliphatic heterocycles. The van der Waals surface area contributed by atoms with Crippen molar-refractivity contribution in [3.63, 3.8) is 0 Å². The van der Waals surface area contributed by atoms with Gasteiger partial charge in [-0.3, -0.25) is 0 Å². The van der Waals surface area contributed by atoms with Crippen LogP contribution in [-0.4, -0.2) is 30.8 Å². The second kappa shape index (κ2) is 5.14. The Labute approximate surface area is 124 Å². The van der Waals surface area contributed by atoms with Crippen molar-refractivity contribution in [2.24, 2.45) is 0 Å². The van der Waals surface area contributed by atoms with Crippen molar-refractivity contribution in [1.82, 2.24) is 19.6 Å². The summed E-state index contributed by atoms with van der Waals surface area (Å²) in [6, 6.07) is 3.43. The number of nitrogens with one attached hydrogen (secondary N) is 1. The van der Waals surface area contributed by atoms with E-state index in [0.29, 0.717) is 11.2 Å². The molecule has 0 aliphatic carbocycles. The molecule has 0 spiro atoms. The van der Waals surface area contributed by atoms with Gasteiger partial charge in [0.1, 0.15) is 0 Å². The Morgan fingerprint density at radius 1 is 1.36 bits per heavy atom. The zero-order valence-electron chi connectivity index (χ0n) is 12.1. The molecule has 0 amide bonds. The maximum Gasteiger partial charge on any atom is 0.513 e. The van der Waals surface area contributed by atoms with Gasteiger partial charge >= 0.3 is 17.9 Å². The average Bonchev–Trinajstić information content (AvgIpc) is 2.89. The van der Waals surface area contributed by atoms with Crippen LogP contribution in [0, 0.1) is 0 Å². The Bertz CT molecular complexity index is 941. The van der Waals surface area contributed by atoms with E-state index in [1.165, 1.54) is 0 Å². The van der Waals surface area contributed by atoms with Gasteiger partial charge < -0.3 is 14.8 Å². The lowest BCUT2D eigenvalue weighted by molar-refractivity contribution is 0.140. The Balaban J connectivity index is 2.43. The normalized spacial score (nSPS) is 11.2. The first-order chi connectivity index (χ1) is 10.5. The number of hydrogen-bond acceptors (Lipinski definition) is 5. The number of aryl methyl sites for hydroxylation is 2. The zero-order chi connectivity index (χ0) is 15.9. The number of fused-ring (bicyclic) bond motifs is 3. The second-order valence-electron chi connectivity index (χ2n) is 4.76. The predicted octanol–water partition coefficient (Wildman–Crippen LogP) is 1.75. The highest BCUT2D eigenvalue weighted by Crippen LogP contribution is 2.25. The Morgan fingerprint density at radius 2 is 2.14 bits per heavy atom. The Kier molecular flexibility index (Phi) is 3.28. The summed E-state index contributed by atoms with van der Waals surface area (Å²) >= 11 is 0. The molecule has 2 N–H and O–H groups in total. The molecule has 0 fully saturated rings. The minimum atomic E-state index is -1.53. The van der Waals surface area contributed by atoms with Crippen molar-refractivity contribution < 1.29 is 14.6 Å². The van der Waals surface area contributed by atoms with Crippen LogP contribution in [0.4, 0.5) is 4.79 Å². The molecule has 3 rings (SSSR count). The lowest BCUT2D eigenvalue weighted by Crippen LogP contribution is -2.18. The highest BCUT2D eigenvalue weighted by atomic mass is 16.7. The van der Waals surface area contributed by atoms with Gasteiger partial charge in [0.15, 0.2) is 5.65 Å². The van der Waals surface area contributed by atoms with Crippen molar-refractivity contribution in [2.45, 2.75) is 26.7 Å². The average molecular weight is 302 g/mol. The van der Waals surface area contributed by atoms with E-state index in [1.807, 2.05) is 26.0 Å². The molecule has 8 nitrogen and oxygen atoms in total. The summed E-state index contributed by atoms with van der Waals surface area (Å²) in [6.07, 6.45) is 0.0721. The monoisotopic (exact) mass is 302 g/mol. The molecule has 0 unspecified atom stereocenters. The standard InChI is InChI=1S/C14H14N4O4/c1-3-7-5-6-9-10(8(7)4-2)11-16-12(22-14(20)21)17-18(11)13(19)15-9/h5-6H,3-4H2,1-2H3,(H,15,19)(H,20,21). The van der Waals surface area contributed by atoms with Gasteiger partial charge in [0, 0.05) is 5.39 Å². The molecule has 0 saturated carbocycles. The number of nitrogens with zero attached hydrogens (tertiary/aromatic N) is 3. The minimum absolute atomic E-state index is 0.294. The van der Waals surface area contributed by atoms with E-state index in [4.69, 9.17) is 5.11 Å². The third kappa shape index (κ3) is 2.09. The SMILES string of the molecule is CCc1ccc2[nH]c(=O)n3nc(OC(=O)O)nc3c2c1CC. The molecular weight excluding hydrogens is 288 g/mol. The van der Waals surface area contributed by atoms with Crippen LogP contribution in [0.25, 0.3) is 16.6 Å². The third-order valence-electron chi connectivity index (χ3n) is 3.57. The van der Waals surface area contributed by atoms with Gasteiger partial charge in [0.2, 0.25) is 0 Å². The molecule has 0 radical (unpaired) electrons. The molecule has 0 atom stereocenters. The topological polar surface area (TPSA) is 110 Å². The molecule has 8 heteroatoms. The van der Waals surface area contributed by atoms with Crippen molar-refractivity contribution in [3.8, 4) is 6.01 Å². The Morgan fingerprint density at radius 3 is 2.77 bits per heavy atom. The summed E-state index contributed by atoms with van der Waals surface area (Å²) in [6.45, 7) is 4.06. The number of aromatic amines is 1. The van der Waals surface area contributed by atoms with Gasteiger partial charge in [0.25, 0.3) is 0 Å². The van der Waals surface area contributed by atoms with Crippen LogP contribution in [-0.2, 0) is 12.8 Å². The van der Waals surface area contributed by atoms with Crippen LogP contribution in [0.5, 0.6) is 6.01 Å². The van der Waals surface area contributed by atoms with E-state index in [9.17, 15) is 9.59 Å². The fourth-order valence-electron chi connectivity index (χ4n) is 2.67. The minimum Gasteiger partial charge on any atom is -0.449 e. The van der Waals surface area contributed by atoms with Crippen molar-refractivity contribution in [2.75, 3.05) is 0 Å². The summed E-state index contributed by atoms with van der Waals surface area (Å²) in [5.74, 6) is 0. The molecule has 0 aliphatic rings. The maximum absolute atomic E-state index is 12.0. The molecule has 0 bridgehead atoms. The molecule has 1 aromatic carbocycles. The van der Waals surface area contributed by atoms with Gasteiger partial charge in [-0.25, -0.2) is 9.59 Å². The summed E-state index contributed by atoms with van der Waals surface area (Å²) in [7, 11) is 0. The number of carboxylic acid groups (broad SMARTS) is 1. The van der Waals surface area contributed by atoms with Crippen LogP contribution < -0.4 is 10.4 Å². The summed E-state index contributed by atoms with van der Waals surface area (Å²) in [4.78, 5) is 29.4. The maximum atomic E-state index is 12.0. The molecule has 3 aromatic rings. The number of H-pyrrole nitrogens is 1. The number of aromatic nitrogens is 4. The number of carbonyl (C=O) groups is 1.